The van der Waals surface area contributed by atoms with Gasteiger partial charge in [-0.2, -0.15) is 0 Å². The molecule has 23 heavy (non-hydrogen) atoms. The van der Waals surface area contributed by atoms with Gasteiger partial charge in [0.2, 0.25) is 0 Å². The van der Waals surface area contributed by atoms with E-state index in [1.54, 1.807) is 0 Å². The van der Waals surface area contributed by atoms with Crippen LogP contribution in [0.2, 0.25) is 5.02 Å². The first-order valence-electron chi connectivity index (χ1n) is 5.96. The predicted molar refractivity (Wildman–Crippen MR) is 87.2 cm³/mol. The molecule has 0 fully saturated rings. The van der Waals surface area contributed by atoms with E-state index in [1.807, 2.05) is 0 Å². The maximum absolute atomic E-state index is 12.1. The van der Waals surface area contributed by atoms with Gasteiger partial charge in [0.05, 0.1) is 10.5 Å². The lowest BCUT2D eigenvalue weighted by Gasteiger charge is -2.16. The van der Waals surface area contributed by atoms with Crippen LogP contribution in [0.4, 0.5) is 13.2 Å². The van der Waals surface area contributed by atoms with Gasteiger partial charge < -0.3 is 15.6 Å². The fourth-order valence-corrected chi connectivity index (χ4v) is 2.71. The van der Waals surface area contributed by atoms with Crippen molar-refractivity contribution in [1.82, 2.24) is 0 Å². The first-order valence-corrected chi connectivity index (χ1v) is 7.13. The molecule has 0 bridgehead atoms. The van der Waals surface area contributed by atoms with Crippen LogP contribution < -0.4 is 10.5 Å². The molecule has 2 aromatic rings. The molecule has 0 aromatic heterocycles. The van der Waals surface area contributed by atoms with E-state index in [0.717, 1.165) is 12.1 Å². The number of aromatic hydroxyl groups is 1. The van der Waals surface area contributed by atoms with Crippen LogP contribution in [0.3, 0.4) is 0 Å². The predicted octanol–water partition coefficient (Wildman–Crippen LogP) is 5.18. The molecule has 0 radical (unpaired) electrons. The maximum atomic E-state index is 12.1. The van der Waals surface area contributed by atoms with Gasteiger partial charge in [0.25, 0.3) is 0 Å². The highest BCUT2D eigenvalue weighted by Gasteiger charge is 2.31. The van der Waals surface area contributed by atoms with E-state index < -0.39 is 12.4 Å². The Labute approximate surface area is 149 Å². The largest absolute Gasteiger partial charge is 0.573 e. The average Bonchev–Trinajstić information content (AvgIpc) is 2.41. The molecule has 0 amide bonds. The first-order chi connectivity index (χ1) is 10.2. The van der Waals surface area contributed by atoms with E-state index in [0.29, 0.717) is 20.6 Å². The average molecular weight is 433 g/mol. The zero-order chi connectivity index (χ0) is 16.5. The minimum Gasteiger partial charge on any atom is -0.506 e. The summed E-state index contributed by atoms with van der Waals surface area (Å²) in [6.07, 6.45) is -4.75. The van der Waals surface area contributed by atoms with Gasteiger partial charge in [0.1, 0.15) is 11.5 Å². The van der Waals surface area contributed by atoms with Gasteiger partial charge in [-0.25, -0.2) is 0 Å². The van der Waals surface area contributed by atoms with E-state index in [-0.39, 0.29) is 23.9 Å². The second kappa shape index (κ2) is 7.61. The van der Waals surface area contributed by atoms with Crippen LogP contribution in [0.1, 0.15) is 17.2 Å². The molecule has 0 saturated carbocycles. The molecule has 0 aliphatic rings. The molecule has 1 atom stereocenters. The van der Waals surface area contributed by atoms with Crippen molar-refractivity contribution >= 4 is 39.9 Å². The van der Waals surface area contributed by atoms with Crippen molar-refractivity contribution in [3.8, 4) is 11.5 Å². The number of benzene rings is 2. The Hall–Kier alpha value is -1.15. The Kier molecular flexibility index (Phi) is 6.59. The van der Waals surface area contributed by atoms with Crippen LogP contribution in [0.25, 0.3) is 0 Å². The second-order valence-corrected chi connectivity index (χ2v) is 5.71. The smallest absolute Gasteiger partial charge is 0.506 e. The minimum absolute atomic E-state index is 0. The Morgan fingerprint density at radius 2 is 1.74 bits per heavy atom. The molecule has 0 aliphatic carbocycles. The molecule has 3 N–H and O–H groups in total. The number of ether oxygens (including phenoxy) is 1. The molecule has 0 unspecified atom stereocenters. The summed E-state index contributed by atoms with van der Waals surface area (Å²) >= 11 is 9.06. The standard InChI is InChI=1S/C14H10BrClF3NO2.ClH/c15-11-6-8(16)5-10(13(11)21)12(20)7-1-3-9(4-2-7)22-14(17,18)19;/h1-6,12,21H,20H2;1H/t12-;/m1./s1. The summed E-state index contributed by atoms with van der Waals surface area (Å²) in [5, 5.41) is 10.4. The van der Waals surface area contributed by atoms with Crippen LogP contribution >= 0.6 is 39.9 Å². The van der Waals surface area contributed by atoms with Gasteiger partial charge >= 0.3 is 6.36 Å². The molecule has 0 spiro atoms. The van der Waals surface area contributed by atoms with Crippen LogP contribution in [-0.2, 0) is 0 Å². The van der Waals surface area contributed by atoms with Gasteiger partial charge in [-0.05, 0) is 45.8 Å². The van der Waals surface area contributed by atoms with Gasteiger partial charge in [0, 0.05) is 10.6 Å². The van der Waals surface area contributed by atoms with Crippen LogP contribution in [0.5, 0.6) is 11.5 Å². The molecule has 0 aliphatic heterocycles. The van der Waals surface area contributed by atoms with Crippen LogP contribution in [0, 0.1) is 0 Å². The maximum Gasteiger partial charge on any atom is 0.573 e. The Morgan fingerprint density at radius 1 is 1.17 bits per heavy atom. The van der Waals surface area contributed by atoms with Crippen LogP contribution in [-0.4, -0.2) is 11.5 Å². The van der Waals surface area contributed by atoms with E-state index >= 15 is 0 Å². The molecular formula is C14H11BrCl2F3NO2. The highest BCUT2D eigenvalue weighted by molar-refractivity contribution is 9.10. The zero-order valence-corrected chi connectivity index (χ0v) is 14.4. The monoisotopic (exact) mass is 431 g/mol. The Morgan fingerprint density at radius 3 is 2.26 bits per heavy atom. The number of rotatable bonds is 3. The summed E-state index contributed by atoms with van der Waals surface area (Å²) in [7, 11) is 0. The summed E-state index contributed by atoms with van der Waals surface area (Å²) in [5.41, 5.74) is 6.88. The Balaban J connectivity index is 0.00000264. The number of nitrogens with two attached hydrogens (primary N) is 1. The van der Waals surface area contributed by atoms with Crippen molar-refractivity contribution in [3.63, 3.8) is 0 Å². The SMILES string of the molecule is Cl.N[C@H](c1ccc(OC(F)(F)F)cc1)c1cc(Cl)cc(Br)c1O. The van der Waals surface area contributed by atoms with Crippen molar-refractivity contribution in [2.24, 2.45) is 5.73 Å². The summed E-state index contributed by atoms with van der Waals surface area (Å²) in [6, 6.07) is 7.33. The van der Waals surface area contributed by atoms with Crippen molar-refractivity contribution in [2.75, 3.05) is 0 Å². The van der Waals surface area contributed by atoms with Crippen molar-refractivity contribution in [3.05, 3.63) is 57.0 Å². The summed E-state index contributed by atoms with van der Waals surface area (Å²) in [6.45, 7) is 0. The molecule has 0 saturated heterocycles. The highest BCUT2D eigenvalue weighted by Crippen LogP contribution is 2.37. The van der Waals surface area contributed by atoms with E-state index in [4.69, 9.17) is 17.3 Å². The number of halogens is 6. The topological polar surface area (TPSA) is 55.5 Å². The molecule has 0 heterocycles. The fourth-order valence-electron chi connectivity index (χ4n) is 1.88. The van der Waals surface area contributed by atoms with E-state index in [2.05, 4.69) is 20.7 Å². The third kappa shape index (κ3) is 5.17. The number of phenolic OH excluding ortho intramolecular Hbond substituents is 1. The molecular weight excluding hydrogens is 422 g/mol. The fraction of sp³-hybridized carbons (Fsp3) is 0.143. The summed E-state index contributed by atoms with van der Waals surface area (Å²) in [4.78, 5) is 0. The van der Waals surface area contributed by atoms with Crippen LogP contribution in [0.15, 0.2) is 40.9 Å². The zero-order valence-electron chi connectivity index (χ0n) is 11.3. The molecule has 126 valence electrons. The lowest BCUT2D eigenvalue weighted by Crippen LogP contribution is -2.17. The van der Waals surface area contributed by atoms with Gasteiger partial charge in [-0.3, -0.25) is 0 Å². The summed E-state index contributed by atoms with van der Waals surface area (Å²) in [5.74, 6) is -0.424. The van der Waals surface area contributed by atoms with E-state index in [9.17, 15) is 18.3 Å². The number of phenols is 1. The van der Waals surface area contributed by atoms with Gasteiger partial charge in [-0.15, -0.1) is 25.6 Å². The van der Waals surface area contributed by atoms with E-state index in [1.165, 1.54) is 24.3 Å². The molecule has 9 heteroatoms. The van der Waals surface area contributed by atoms with Crippen molar-refractivity contribution < 1.29 is 23.0 Å². The number of hydrogen-bond donors (Lipinski definition) is 2. The lowest BCUT2D eigenvalue weighted by molar-refractivity contribution is -0.274. The highest BCUT2D eigenvalue weighted by atomic mass is 79.9. The number of hydrogen-bond acceptors (Lipinski definition) is 3. The minimum atomic E-state index is -4.75. The first kappa shape index (κ1) is 19.9. The normalized spacial score (nSPS) is 12.4. The number of alkyl halides is 3. The third-order valence-corrected chi connectivity index (χ3v) is 3.69. The third-order valence-electron chi connectivity index (χ3n) is 2.87. The molecule has 3 nitrogen and oxygen atoms in total. The van der Waals surface area contributed by atoms with Crippen molar-refractivity contribution in [2.45, 2.75) is 12.4 Å². The van der Waals surface area contributed by atoms with Gasteiger partial charge in [0.15, 0.2) is 0 Å². The molecule has 2 rings (SSSR count). The lowest BCUT2D eigenvalue weighted by atomic mass is 9.99. The quantitative estimate of drug-likeness (QED) is 0.702. The van der Waals surface area contributed by atoms with Gasteiger partial charge in [-0.1, -0.05) is 23.7 Å². The van der Waals surface area contributed by atoms with Crippen molar-refractivity contribution in [1.29, 1.82) is 0 Å². The Bertz CT molecular complexity index is 681. The summed E-state index contributed by atoms with van der Waals surface area (Å²) < 4.78 is 40.5. The second-order valence-electron chi connectivity index (χ2n) is 4.42. The molecule has 2 aromatic carbocycles.